The van der Waals surface area contributed by atoms with Crippen molar-refractivity contribution in [2.75, 3.05) is 0 Å². The Morgan fingerprint density at radius 3 is 2.59 bits per heavy atom. The van der Waals surface area contributed by atoms with Crippen LogP contribution in [0.3, 0.4) is 0 Å². The monoisotopic (exact) mass is 306 g/mol. The lowest BCUT2D eigenvalue weighted by atomic mass is 10.1. The third kappa shape index (κ3) is 6.51. The second-order valence-electron chi connectivity index (χ2n) is 4.52. The highest BCUT2D eigenvalue weighted by Gasteiger charge is 2.22. The predicted molar refractivity (Wildman–Crippen MR) is 78.1 cm³/mol. The number of allylic oxidation sites excluding steroid dienone is 1. The minimum atomic E-state index is -0.942. The van der Waals surface area contributed by atoms with Crippen LogP contribution in [0, 0.1) is 0 Å². The summed E-state index contributed by atoms with van der Waals surface area (Å²) in [5, 5.41) is 2.41. The number of nitrogens with one attached hydrogen (secondary N) is 3. The number of pyridine rings is 1. The van der Waals surface area contributed by atoms with Crippen molar-refractivity contribution in [1.82, 2.24) is 21.2 Å². The lowest BCUT2D eigenvalue weighted by molar-refractivity contribution is -0.129. The Kier molecular flexibility index (Phi) is 6.55. The van der Waals surface area contributed by atoms with Crippen LogP contribution in [0.5, 0.6) is 0 Å². The number of carbonyl (C=O) groups is 3. The molecule has 0 radical (unpaired) electrons. The zero-order valence-corrected chi connectivity index (χ0v) is 12.4. The molecule has 1 aromatic rings. The number of carbonyl (C=O) groups excluding carboxylic acids is 3. The highest BCUT2D eigenvalue weighted by Crippen LogP contribution is 2.03. The van der Waals surface area contributed by atoms with Crippen LogP contribution in [0.2, 0.25) is 0 Å². The number of alkyl carbamates (subject to hydrolysis) is 1. The number of nitrogens with zero attached hydrogens (tertiary/aromatic N) is 1. The molecule has 8 heteroatoms. The third-order valence-electron chi connectivity index (χ3n) is 2.40. The number of hydrogen-bond donors (Lipinski definition) is 3. The van der Waals surface area contributed by atoms with Crippen LogP contribution in [-0.4, -0.2) is 28.9 Å². The van der Waals surface area contributed by atoms with E-state index >= 15 is 0 Å². The summed E-state index contributed by atoms with van der Waals surface area (Å²) in [6.45, 7) is 6.20. The number of rotatable bonds is 5. The summed E-state index contributed by atoms with van der Waals surface area (Å²) in [7, 11) is 0. The minimum absolute atomic E-state index is 0.185. The molecule has 0 saturated heterocycles. The smallest absolute Gasteiger partial charge is 0.412 e. The first-order chi connectivity index (χ1) is 10.4. The molecule has 3 N–H and O–H groups in total. The maximum atomic E-state index is 12.0. The predicted octanol–water partition coefficient (Wildman–Crippen LogP) is 0.420. The molecule has 0 bridgehead atoms. The maximum Gasteiger partial charge on any atom is 0.412 e. The lowest BCUT2D eigenvalue weighted by Gasteiger charge is -2.18. The van der Waals surface area contributed by atoms with E-state index < -0.39 is 23.9 Å². The number of amides is 3. The molecule has 1 unspecified atom stereocenters. The first-order valence-corrected chi connectivity index (χ1v) is 6.47. The second kappa shape index (κ2) is 8.40. The molecule has 1 rings (SSSR count). The fourth-order valence-electron chi connectivity index (χ4n) is 1.53. The quantitative estimate of drug-likeness (QED) is 0.539. The number of ether oxygens (including phenoxy) is 1. The Morgan fingerprint density at radius 1 is 1.32 bits per heavy atom. The lowest BCUT2D eigenvalue weighted by Crippen LogP contribution is -2.52. The van der Waals surface area contributed by atoms with Gasteiger partial charge in [0.25, 0.3) is 5.91 Å². The van der Waals surface area contributed by atoms with Gasteiger partial charge in [-0.15, -0.1) is 0 Å². The molecule has 1 heterocycles. The third-order valence-corrected chi connectivity index (χ3v) is 2.40. The summed E-state index contributed by atoms with van der Waals surface area (Å²) in [5.74, 6) is -0.824. The fraction of sp³-hybridized carbons (Fsp3) is 0.286. The van der Waals surface area contributed by atoms with Crippen molar-refractivity contribution >= 4 is 17.9 Å². The first-order valence-electron chi connectivity index (χ1n) is 6.47. The van der Waals surface area contributed by atoms with Crippen LogP contribution in [0.4, 0.5) is 4.79 Å². The summed E-state index contributed by atoms with van der Waals surface area (Å²) >= 11 is 0. The molecule has 0 aliphatic rings. The highest BCUT2D eigenvalue weighted by atomic mass is 16.6. The molecule has 3 amide bonds. The van der Waals surface area contributed by atoms with E-state index in [0.29, 0.717) is 0 Å². The van der Waals surface area contributed by atoms with E-state index in [1.165, 1.54) is 13.8 Å². The number of hydrogen-bond acceptors (Lipinski definition) is 5. The van der Waals surface area contributed by atoms with E-state index in [0.717, 1.165) is 5.56 Å². The van der Waals surface area contributed by atoms with Crippen molar-refractivity contribution in [2.24, 2.45) is 0 Å². The Labute approximate surface area is 127 Å². The zero-order valence-electron chi connectivity index (χ0n) is 12.4. The van der Waals surface area contributed by atoms with Gasteiger partial charge in [-0.05, 0) is 18.6 Å². The van der Waals surface area contributed by atoms with E-state index in [9.17, 15) is 14.4 Å². The van der Waals surface area contributed by atoms with Crippen LogP contribution in [-0.2, 0) is 20.7 Å². The van der Waals surface area contributed by atoms with Crippen molar-refractivity contribution in [3.05, 3.63) is 42.4 Å². The Hall–Kier alpha value is -2.90. The van der Waals surface area contributed by atoms with Crippen LogP contribution in [0.1, 0.15) is 19.4 Å². The van der Waals surface area contributed by atoms with Gasteiger partial charge in [0, 0.05) is 25.7 Å². The van der Waals surface area contributed by atoms with Crippen molar-refractivity contribution in [1.29, 1.82) is 0 Å². The van der Waals surface area contributed by atoms with Crippen molar-refractivity contribution in [3.63, 3.8) is 0 Å². The second-order valence-corrected chi connectivity index (χ2v) is 4.52. The van der Waals surface area contributed by atoms with Crippen molar-refractivity contribution < 1.29 is 19.1 Å². The maximum absolute atomic E-state index is 12.0. The van der Waals surface area contributed by atoms with E-state index in [1.807, 2.05) is 0 Å². The molecule has 0 aliphatic carbocycles. The summed E-state index contributed by atoms with van der Waals surface area (Å²) in [6.07, 6.45) is 2.55. The van der Waals surface area contributed by atoms with E-state index in [4.69, 9.17) is 4.74 Å². The van der Waals surface area contributed by atoms with Crippen LogP contribution < -0.4 is 16.2 Å². The summed E-state index contributed by atoms with van der Waals surface area (Å²) in [5.41, 5.74) is 5.11. The van der Waals surface area contributed by atoms with Gasteiger partial charge < -0.3 is 10.1 Å². The number of hydrazine groups is 1. The van der Waals surface area contributed by atoms with E-state index in [2.05, 4.69) is 27.7 Å². The molecule has 118 valence electrons. The summed E-state index contributed by atoms with van der Waals surface area (Å²) < 4.78 is 4.77. The largest absolute Gasteiger partial charge is 0.416 e. The molecule has 0 aromatic carbocycles. The molecule has 0 fully saturated rings. The van der Waals surface area contributed by atoms with Crippen LogP contribution in [0.15, 0.2) is 36.9 Å². The Bertz CT molecular complexity index is 559. The molecular weight excluding hydrogens is 288 g/mol. The van der Waals surface area contributed by atoms with Crippen LogP contribution in [0.25, 0.3) is 0 Å². The van der Waals surface area contributed by atoms with Gasteiger partial charge in [0.15, 0.2) is 0 Å². The van der Waals surface area contributed by atoms with Gasteiger partial charge in [-0.2, -0.15) is 0 Å². The molecule has 22 heavy (non-hydrogen) atoms. The molecule has 0 saturated carbocycles. The highest BCUT2D eigenvalue weighted by molar-refractivity contribution is 5.87. The normalized spacial score (nSPS) is 11.0. The van der Waals surface area contributed by atoms with Crippen molar-refractivity contribution in [3.8, 4) is 0 Å². The summed E-state index contributed by atoms with van der Waals surface area (Å²) in [4.78, 5) is 38.4. The van der Waals surface area contributed by atoms with Gasteiger partial charge >= 0.3 is 6.09 Å². The molecule has 8 nitrogen and oxygen atoms in total. The Morgan fingerprint density at radius 2 is 2.05 bits per heavy atom. The van der Waals surface area contributed by atoms with Gasteiger partial charge in [-0.3, -0.25) is 25.4 Å². The molecule has 0 spiro atoms. The van der Waals surface area contributed by atoms with E-state index in [-0.39, 0.29) is 12.2 Å². The van der Waals surface area contributed by atoms with Gasteiger partial charge in [0.2, 0.25) is 5.91 Å². The average Bonchev–Trinajstić information content (AvgIpc) is 2.44. The van der Waals surface area contributed by atoms with Crippen LogP contribution >= 0.6 is 0 Å². The van der Waals surface area contributed by atoms with Gasteiger partial charge in [0.1, 0.15) is 6.04 Å². The molecule has 1 atom stereocenters. The number of aromatic nitrogens is 1. The topological polar surface area (TPSA) is 109 Å². The average molecular weight is 306 g/mol. The molecular formula is C14H18N4O4. The minimum Gasteiger partial charge on any atom is -0.416 e. The first kappa shape index (κ1) is 17.2. The molecule has 1 aromatic heterocycles. The van der Waals surface area contributed by atoms with Crippen molar-refractivity contribution in [2.45, 2.75) is 26.3 Å². The van der Waals surface area contributed by atoms with Gasteiger partial charge in [-0.1, -0.05) is 12.6 Å². The molecule has 0 aliphatic heterocycles. The fourth-order valence-corrected chi connectivity index (χ4v) is 1.53. The SMILES string of the molecule is C=C(C)OC(=O)NC(Cc1cccnc1)C(=O)NNC(C)=O. The summed E-state index contributed by atoms with van der Waals surface area (Å²) in [6, 6.07) is 2.53. The van der Waals surface area contributed by atoms with E-state index in [1.54, 1.807) is 24.5 Å². The zero-order chi connectivity index (χ0) is 16.5. The van der Waals surface area contributed by atoms with Gasteiger partial charge in [0.05, 0.1) is 5.76 Å². The Balaban J connectivity index is 2.75. The standard InChI is InChI=1S/C14H18N4O4/c1-9(2)22-14(21)16-12(13(20)18-17-10(3)19)7-11-5-4-6-15-8-11/h4-6,8,12H,1,7H2,2-3H3,(H,16,21)(H,17,19)(H,18,20). The van der Waals surface area contributed by atoms with Gasteiger partial charge in [-0.25, -0.2) is 4.79 Å².